The summed E-state index contributed by atoms with van der Waals surface area (Å²) in [6, 6.07) is 3.87. The summed E-state index contributed by atoms with van der Waals surface area (Å²) in [6.07, 6.45) is 3.21. The van der Waals surface area contributed by atoms with Crippen LogP contribution in [-0.2, 0) is 6.42 Å². The molecule has 0 unspecified atom stereocenters. The monoisotopic (exact) mass is 399 g/mol. The van der Waals surface area contributed by atoms with Gasteiger partial charge in [0.05, 0.1) is 25.8 Å². The van der Waals surface area contributed by atoms with E-state index in [0.29, 0.717) is 17.1 Å². The van der Waals surface area contributed by atoms with E-state index in [1.807, 2.05) is 26.0 Å². The lowest BCUT2D eigenvalue weighted by Gasteiger charge is -2.17. The minimum atomic E-state index is -0.125. The topological polar surface area (TPSA) is 91.2 Å². The highest BCUT2D eigenvalue weighted by Gasteiger charge is 2.29. The third-order valence-electron chi connectivity index (χ3n) is 5.18. The highest BCUT2D eigenvalue weighted by molar-refractivity contribution is 7.15. The summed E-state index contributed by atoms with van der Waals surface area (Å²) in [5, 5.41) is 15.2. The second kappa shape index (κ2) is 7.23. The number of rotatable bonds is 5. The molecular formula is C19H21N5O3S. The Balaban J connectivity index is 1.65. The van der Waals surface area contributed by atoms with E-state index in [-0.39, 0.29) is 11.9 Å². The molecule has 1 amide bonds. The zero-order chi connectivity index (χ0) is 19.8. The number of hydrogen-bond donors (Lipinski definition) is 1. The summed E-state index contributed by atoms with van der Waals surface area (Å²) in [5.41, 5.74) is 3.80. The van der Waals surface area contributed by atoms with Crippen LogP contribution in [0, 0.1) is 13.8 Å². The molecule has 8 nitrogen and oxygen atoms in total. The first-order valence-electron chi connectivity index (χ1n) is 8.92. The Morgan fingerprint density at radius 1 is 1.25 bits per heavy atom. The molecule has 0 aliphatic heterocycles. The fraction of sp³-hybridized carbons (Fsp3) is 0.368. The summed E-state index contributed by atoms with van der Waals surface area (Å²) in [5.74, 6) is 1.25. The van der Waals surface area contributed by atoms with Gasteiger partial charge < -0.3 is 14.8 Å². The number of fused-ring (bicyclic) bond motifs is 1. The Morgan fingerprint density at radius 2 is 2.00 bits per heavy atom. The standard InChI is InChI=1S/C19H21N5O3S/c1-10-11(2)28-19(24-9-20-22-23-24)17(10)18(25)21-14-6-5-12-7-15(26-3)16(27-4)8-13(12)14/h7-9,14H,5-6H2,1-4H3,(H,21,25)/t14-/m0/s1. The fourth-order valence-corrected chi connectivity index (χ4v) is 4.68. The summed E-state index contributed by atoms with van der Waals surface area (Å²) < 4.78 is 12.4. The van der Waals surface area contributed by atoms with Crippen LogP contribution in [0.2, 0.25) is 0 Å². The second-order valence-corrected chi connectivity index (χ2v) is 7.89. The molecule has 1 aliphatic rings. The first-order chi connectivity index (χ1) is 13.5. The zero-order valence-electron chi connectivity index (χ0n) is 16.1. The van der Waals surface area contributed by atoms with E-state index in [1.165, 1.54) is 27.9 Å². The maximum Gasteiger partial charge on any atom is 0.255 e. The first-order valence-corrected chi connectivity index (χ1v) is 9.74. The number of aromatic nitrogens is 4. The van der Waals surface area contributed by atoms with E-state index < -0.39 is 0 Å². The third-order valence-corrected chi connectivity index (χ3v) is 6.38. The predicted octanol–water partition coefficient (Wildman–Crippen LogP) is 2.78. The van der Waals surface area contributed by atoms with Crippen LogP contribution in [0.4, 0.5) is 0 Å². The fourth-order valence-electron chi connectivity index (χ4n) is 3.61. The van der Waals surface area contributed by atoms with Gasteiger partial charge in [-0.2, -0.15) is 4.68 Å². The SMILES string of the molecule is COc1cc2c(cc1OC)[C@@H](NC(=O)c1c(-n3cnnn3)sc(C)c1C)CC2. The molecule has 0 bridgehead atoms. The van der Waals surface area contributed by atoms with Crippen molar-refractivity contribution in [2.75, 3.05) is 14.2 Å². The van der Waals surface area contributed by atoms with E-state index >= 15 is 0 Å². The van der Waals surface area contributed by atoms with Crippen molar-refractivity contribution in [1.29, 1.82) is 0 Å². The Hall–Kier alpha value is -2.94. The molecule has 0 radical (unpaired) electrons. The summed E-state index contributed by atoms with van der Waals surface area (Å²) in [4.78, 5) is 14.3. The van der Waals surface area contributed by atoms with Gasteiger partial charge in [-0.05, 0) is 65.9 Å². The highest BCUT2D eigenvalue weighted by atomic mass is 32.1. The van der Waals surface area contributed by atoms with Gasteiger partial charge in [-0.15, -0.1) is 16.4 Å². The molecule has 28 heavy (non-hydrogen) atoms. The van der Waals surface area contributed by atoms with Gasteiger partial charge in [-0.25, -0.2) is 0 Å². The van der Waals surface area contributed by atoms with E-state index in [2.05, 4.69) is 20.8 Å². The van der Waals surface area contributed by atoms with Crippen molar-refractivity contribution in [2.24, 2.45) is 0 Å². The predicted molar refractivity (Wildman–Crippen MR) is 105 cm³/mol. The van der Waals surface area contributed by atoms with E-state index in [4.69, 9.17) is 9.47 Å². The van der Waals surface area contributed by atoms with Gasteiger partial charge in [0, 0.05) is 4.88 Å². The molecule has 146 valence electrons. The van der Waals surface area contributed by atoms with Crippen LogP contribution in [0.25, 0.3) is 5.00 Å². The molecule has 1 aliphatic carbocycles. The molecule has 0 saturated carbocycles. The van der Waals surface area contributed by atoms with Crippen LogP contribution in [0.3, 0.4) is 0 Å². The summed E-state index contributed by atoms with van der Waals surface area (Å²) in [6.45, 7) is 3.94. The quantitative estimate of drug-likeness (QED) is 0.709. The molecule has 2 heterocycles. The average molecular weight is 399 g/mol. The number of hydrogen-bond acceptors (Lipinski definition) is 7. The Bertz CT molecular complexity index is 1030. The van der Waals surface area contributed by atoms with E-state index in [0.717, 1.165) is 33.8 Å². The molecule has 4 rings (SSSR count). The number of aryl methyl sites for hydroxylation is 2. The minimum absolute atomic E-state index is 0.0800. The Morgan fingerprint density at radius 3 is 2.68 bits per heavy atom. The van der Waals surface area contributed by atoms with Crippen molar-refractivity contribution in [3.05, 3.63) is 45.6 Å². The van der Waals surface area contributed by atoms with Crippen molar-refractivity contribution >= 4 is 17.2 Å². The van der Waals surface area contributed by atoms with E-state index in [9.17, 15) is 4.79 Å². The van der Waals surface area contributed by atoms with Gasteiger partial charge >= 0.3 is 0 Å². The molecule has 2 aromatic heterocycles. The number of nitrogens with one attached hydrogen (secondary N) is 1. The maximum atomic E-state index is 13.2. The number of carbonyl (C=O) groups is 1. The zero-order valence-corrected chi connectivity index (χ0v) is 17.0. The second-order valence-electron chi connectivity index (χ2n) is 6.69. The molecule has 3 aromatic rings. The highest BCUT2D eigenvalue weighted by Crippen LogP contribution is 2.40. The van der Waals surface area contributed by atoms with Crippen molar-refractivity contribution in [3.8, 4) is 16.5 Å². The Kier molecular flexibility index (Phi) is 4.76. The first kappa shape index (κ1) is 18.4. The lowest BCUT2D eigenvalue weighted by atomic mass is 10.1. The number of methoxy groups -OCH3 is 2. The molecule has 0 saturated heterocycles. The van der Waals surface area contributed by atoms with Gasteiger partial charge in [0.1, 0.15) is 11.3 Å². The molecule has 0 spiro atoms. The van der Waals surface area contributed by atoms with Gasteiger partial charge in [0.25, 0.3) is 5.91 Å². The van der Waals surface area contributed by atoms with Crippen molar-refractivity contribution in [2.45, 2.75) is 32.7 Å². The van der Waals surface area contributed by atoms with Crippen LogP contribution < -0.4 is 14.8 Å². The van der Waals surface area contributed by atoms with Crippen molar-refractivity contribution in [3.63, 3.8) is 0 Å². The molecule has 9 heteroatoms. The normalized spacial score (nSPS) is 15.4. The summed E-state index contributed by atoms with van der Waals surface area (Å²) >= 11 is 1.50. The van der Waals surface area contributed by atoms with E-state index in [1.54, 1.807) is 14.2 Å². The van der Waals surface area contributed by atoms with Crippen LogP contribution >= 0.6 is 11.3 Å². The van der Waals surface area contributed by atoms with Crippen LogP contribution in [0.15, 0.2) is 18.5 Å². The van der Waals surface area contributed by atoms with Crippen LogP contribution in [0.1, 0.15) is 44.4 Å². The molecule has 0 fully saturated rings. The van der Waals surface area contributed by atoms with Gasteiger partial charge in [0.2, 0.25) is 0 Å². The van der Waals surface area contributed by atoms with Gasteiger partial charge in [-0.1, -0.05) is 0 Å². The van der Waals surface area contributed by atoms with Gasteiger partial charge in [-0.3, -0.25) is 4.79 Å². The lowest BCUT2D eigenvalue weighted by molar-refractivity contribution is 0.0936. The van der Waals surface area contributed by atoms with Crippen LogP contribution in [0.5, 0.6) is 11.5 Å². The molecule has 1 N–H and O–H groups in total. The molecular weight excluding hydrogens is 378 g/mol. The Labute approximate surface area is 166 Å². The summed E-state index contributed by atoms with van der Waals surface area (Å²) in [7, 11) is 3.24. The van der Waals surface area contributed by atoms with Gasteiger partial charge in [0.15, 0.2) is 11.5 Å². The number of ether oxygens (including phenoxy) is 2. The minimum Gasteiger partial charge on any atom is -0.493 e. The largest absolute Gasteiger partial charge is 0.493 e. The molecule has 1 atom stereocenters. The third kappa shape index (κ3) is 3.01. The molecule has 1 aromatic carbocycles. The number of carbonyl (C=O) groups excluding carboxylic acids is 1. The number of benzene rings is 1. The smallest absolute Gasteiger partial charge is 0.255 e. The number of nitrogens with zero attached hydrogens (tertiary/aromatic N) is 4. The number of thiophene rings is 1. The average Bonchev–Trinajstić information content (AvgIpc) is 3.41. The van der Waals surface area contributed by atoms with Crippen LogP contribution in [-0.4, -0.2) is 40.3 Å². The van der Waals surface area contributed by atoms with Crippen molar-refractivity contribution < 1.29 is 14.3 Å². The number of tetrazole rings is 1. The number of amides is 1. The lowest BCUT2D eigenvalue weighted by Crippen LogP contribution is -2.28. The maximum absolute atomic E-state index is 13.2. The van der Waals surface area contributed by atoms with Crippen molar-refractivity contribution in [1.82, 2.24) is 25.5 Å².